The Bertz CT molecular complexity index is 1160. The third kappa shape index (κ3) is 3.40. The van der Waals surface area contributed by atoms with Crippen LogP contribution in [-0.2, 0) is 13.1 Å². The minimum Gasteiger partial charge on any atom is -0.478 e. The number of Topliss-reactive ketones (excluding diaryl/α,β-unsaturated/α-hetero) is 1. The Kier molecular flexibility index (Phi) is 4.64. The first-order valence-electron chi connectivity index (χ1n) is 10.1. The number of ether oxygens (including phenoxy) is 2. The molecular formula is C26H23NO3. The molecule has 0 saturated carbocycles. The molecule has 4 nitrogen and oxygen atoms in total. The maximum absolute atomic E-state index is 13.0. The summed E-state index contributed by atoms with van der Waals surface area (Å²) in [5, 5.41) is 0. The zero-order chi connectivity index (χ0) is 20.7. The predicted molar refractivity (Wildman–Crippen MR) is 116 cm³/mol. The van der Waals surface area contributed by atoms with E-state index in [2.05, 4.69) is 36.1 Å². The van der Waals surface area contributed by atoms with Crippen LogP contribution < -0.4 is 9.47 Å². The molecule has 0 bridgehead atoms. The topological polar surface area (TPSA) is 38.8 Å². The zero-order valence-corrected chi connectivity index (χ0v) is 17.1. The van der Waals surface area contributed by atoms with Gasteiger partial charge in [0.2, 0.25) is 5.78 Å². The first-order valence-corrected chi connectivity index (χ1v) is 10.1. The van der Waals surface area contributed by atoms with E-state index in [0.717, 1.165) is 29.0 Å². The van der Waals surface area contributed by atoms with Crippen molar-refractivity contribution in [1.82, 2.24) is 4.90 Å². The first kappa shape index (κ1) is 18.6. The fourth-order valence-electron chi connectivity index (χ4n) is 3.95. The number of aryl methyl sites for hydroxylation is 2. The van der Waals surface area contributed by atoms with Crippen LogP contribution in [0.4, 0.5) is 0 Å². The van der Waals surface area contributed by atoms with Gasteiger partial charge in [0.15, 0.2) is 5.76 Å². The third-order valence-corrected chi connectivity index (χ3v) is 5.68. The van der Waals surface area contributed by atoms with Gasteiger partial charge in [0.25, 0.3) is 0 Å². The number of rotatable bonds is 3. The summed E-state index contributed by atoms with van der Waals surface area (Å²) in [6, 6.07) is 20.2. The Morgan fingerprint density at radius 2 is 1.80 bits per heavy atom. The van der Waals surface area contributed by atoms with Gasteiger partial charge in [-0.15, -0.1) is 0 Å². The largest absolute Gasteiger partial charge is 0.478 e. The summed E-state index contributed by atoms with van der Waals surface area (Å²) >= 11 is 0. The van der Waals surface area contributed by atoms with Crippen molar-refractivity contribution in [2.45, 2.75) is 26.9 Å². The van der Waals surface area contributed by atoms with E-state index in [1.807, 2.05) is 49.4 Å². The third-order valence-electron chi connectivity index (χ3n) is 5.68. The molecule has 3 aromatic rings. The Balaban J connectivity index is 1.43. The summed E-state index contributed by atoms with van der Waals surface area (Å²) in [5.74, 6) is 1.71. The standard InChI is InChI=1S/C26H23NO3/c1-17-7-9-19(10-8-17)14-27-15-22-23(29-16-27)12-11-21-25(28)24(30-26(21)22)13-20-6-4-3-5-18(20)2/h3-13H,14-16H2,1-2H3/b24-13-. The van der Waals surface area contributed by atoms with Crippen molar-refractivity contribution in [3.05, 3.63) is 99.8 Å². The highest BCUT2D eigenvalue weighted by atomic mass is 16.5. The molecule has 0 unspecified atom stereocenters. The van der Waals surface area contributed by atoms with Crippen molar-refractivity contribution in [3.63, 3.8) is 0 Å². The summed E-state index contributed by atoms with van der Waals surface area (Å²) < 4.78 is 12.1. The molecule has 2 aliphatic rings. The van der Waals surface area contributed by atoms with Crippen LogP contribution in [0.2, 0.25) is 0 Å². The van der Waals surface area contributed by atoms with Crippen LogP contribution in [0.1, 0.15) is 38.2 Å². The van der Waals surface area contributed by atoms with E-state index in [1.165, 1.54) is 11.1 Å². The van der Waals surface area contributed by atoms with E-state index in [-0.39, 0.29) is 5.78 Å². The number of carbonyl (C=O) groups excluding carboxylic acids is 1. The van der Waals surface area contributed by atoms with Crippen molar-refractivity contribution < 1.29 is 14.3 Å². The fourth-order valence-corrected chi connectivity index (χ4v) is 3.95. The molecule has 30 heavy (non-hydrogen) atoms. The van der Waals surface area contributed by atoms with Crippen LogP contribution >= 0.6 is 0 Å². The van der Waals surface area contributed by atoms with E-state index >= 15 is 0 Å². The highest BCUT2D eigenvalue weighted by Crippen LogP contribution is 2.42. The summed E-state index contributed by atoms with van der Waals surface area (Å²) in [5.41, 5.74) is 6.11. The van der Waals surface area contributed by atoms with Gasteiger partial charge in [0, 0.05) is 13.1 Å². The fraction of sp³-hybridized carbons (Fsp3) is 0.192. The Morgan fingerprint density at radius 1 is 1.00 bits per heavy atom. The number of fused-ring (bicyclic) bond motifs is 3. The van der Waals surface area contributed by atoms with E-state index in [9.17, 15) is 4.79 Å². The quantitative estimate of drug-likeness (QED) is 0.564. The minimum atomic E-state index is -0.0771. The summed E-state index contributed by atoms with van der Waals surface area (Å²) in [4.78, 5) is 15.2. The summed E-state index contributed by atoms with van der Waals surface area (Å²) in [6.07, 6.45) is 1.83. The van der Waals surface area contributed by atoms with Gasteiger partial charge in [-0.05, 0) is 48.7 Å². The smallest absolute Gasteiger partial charge is 0.231 e. The number of carbonyl (C=O) groups is 1. The lowest BCUT2D eigenvalue weighted by atomic mass is 10.0. The number of ketones is 1. The van der Waals surface area contributed by atoms with Crippen LogP contribution in [0.15, 0.2) is 66.4 Å². The Hall–Kier alpha value is -3.37. The second-order valence-electron chi connectivity index (χ2n) is 7.96. The normalized spacial score (nSPS) is 16.7. The number of hydrogen-bond donors (Lipinski definition) is 0. The van der Waals surface area contributed by atoms with Gasteiger partial charge in [-0.3, -0.25) is 9.69 Å². The molecule has 0 spiro atoms. The second kappa shape index (κ2) is 7.47. The van der Waals surface area contributed by atoms with E-state index < -0.39 is 0 Å². The van der Waals surface area contributed by atoms with Crippen molar-refractivity contribution in [3.8, 4) is 11.5 Å². The monoisotopic (exact) mass is 397 g/mol. The van der Waals surface area contributed by atoms with E-state index in [1.54, 1.807) is 0 Å². The first-order chi connectivity index (χ1) is 14.6. The van der Waals surface area contributed by atoms with Crippen molar-refractivity contribution >= 4 is 11.9 Å². The lowest BCUT2D eigenvalue weighted by Gasteiger charge is -2.29. The Labute approximate surface area is 176 Å². The molecule has 0 radical (unpaired) electrons. The maximum atomic E-state index is 13.0. The molecule has 150 valence electrons. The second-order valence-corrected chi connectivity index (χ2v) is 7.96. The molecule has 0 aromatic heterocycles. The summed E-state index contributed by atoms with van der Waals surface area (Å²) in [7, 11) is 0. The van der Waals surface area contributed by atoms with Crippen molar-refractivity contribution in [2.24, 2.45) is 0 Å². The Morgan fingerprint density at radius 3 is 2.60 bits per heavy atom. The molecular weight excluding hydrogens is 374 g/mol. The zero-order valence-electron chi connectivity index (χ0n) is 17.1. The molecule has 0 amide bonds. The van der Waals surface area contributed by atoms with Gasteiger partial charge >= 0.3 is 0 Å². The number of benzene rings is 3. The van der Waals surface area contributed by atoms with Crippen LogP contribution in [0.5, 0.6) is 11.5 Å². The molecule has 4 heteroatoms. The van der Waals surface area contributed by atoms with Gasteiger partial charge in [0.05, 0.1) is 11.1 Å². The van der Waals surface area contributed by atoms with E-state index in [4.69, 9.17) is 9.47 Å². The SMILES string of the molecule is Cc1ccc(CN2COc3ccc4c(c3C2)O/C(=C\c2ccccc2C)C4=O)cc1. The molecule has 0 saturated heterocycles. The molecule has 0 fully saturated rings. The van der Waals surface area contributed by atoms with Crippen LogP contribution in [-0.4, -0.2) is 17.4 Å². The maximum Gasteiger partial charge on any atom is 0.231 e. The van der Waals surface area contributed by atoms with Gasteiger partial charge in [0.1, 0.15) is 18.2 Å². The average Bonchev–Trinajstić information content (AvgIpc) is 3.07. The highest BCUT2D eigenvalue weighted by molar-refractivity contribution is 6.15. The molecule has 0 atom stereocenters. The van der Waals surface area contributed by atoms with Crippen LogP contribution in [0, 0.1) is 13.8 Å². The number of hydrogen-bond acceptors (Lipinski definition) is 4. The van der Waals surface area contributed by atoms with E-state index in [0.29, 0.717) is 30.3 Å². The molecule has 0 N–H and O–H groups in total. The van der Waals surface area contributed by atoms with Crippen LogP contribution in [0.25, 0.3) is 6.08 Å². The molecule has 0 aliphatic carbocycles. The summed E-state index contributed by atoms with van der Waals surface area (Å²) in [6.45, 7) is 6.08. The average molecular weight is 397 g/mol. The molecule has 2 heterocycles. The predicted octanol–water partition coefficient (Wildman–Crippen LogP) is 5.27. The molecule has 3 aromatic carbocycles. The lowest BCUT2D eigenvalue weighted by Crippen LogP contribution is -2.31. The van der Waals surface area contributed by atoms with Crippen LogP contribution in [0.3, 0.4) is 0 Å². The van der Waals surface area contributed by atoms with Gasteiger partial charge in [-0.25, -0.2) is 0 Å². The van der Waals surface area contributed by atoms with Crippen molar-refractivity contribution in [2.75, 3.05) is 6.73 Å². The number of allylic oxidation sites excluding steroid dienone is 1. The van der Waals surface area contributed by atoms with Gasteiger partial charge in [-0.2, -0.15) is 0 Å². The van der Waals surface area contributed by atoms with Gasteiger partial charge < -0.3 is 9.47 Å². The number of nitrogens with zero attached hydrogens (tertiary/aromatic N) is 1. The lowest BCUT2D eigenvalue weighted by molar-refractivity contribution is 0.0873. The van der Waals surface area contributed by atoms with Crippen molar-refractivity contribution in [1.29, 1.82) is 0 Å². The minimum absolute atomic E-state index is 0.0771. The molecule has 2 aliphatic heterocycles. The highest BCUT2D eigenvalue weighted by Gasteiger charge is 2.33. The van der Waals surface area contributed by atoms with Gasteiger partial charge in [-0.1, -0.05) is 54.1 Å². The molecule has 5 rings (SSSR count).